The summed E-state index contributed by atoms with van der Waals surface area (Å²) in [5.41, 5.74) is 4.06. The van der Waals surface area contributed by atoms with Crippen LogP contribution in [0, 0.1) is 5.41 Å². The van der Waals surface area contributed by atoms with Crippen LogP contribution in [-0.4, -0.2) is 33.7 Å². The van der Waals surface area contributed by atoms with Crippen LogP contribution in [0.3, 0.4) is 0 Å². The number of nitrogens with zero attached hydrogens (tertiary/aromatic N) is 4. The van der Waals surface area contributed by atoms with Crippen molar-refractivity contribution in [3.63, 3.8) is 0 Å². The molecule has 1 aliphatic carbocycles. The molecule has 5 rings (SSSR count). The molecule has 1 aromatic carbocycles. The Morgan fingerprint density at radius 2 is 2.07 bits per heavy atom. The first kappa shape index (κ1) is 17.4. The number of ether oxygens (including phenoxy) is 1. The number of thiazole rings is 1. The number of aryl methyl sites for hydroxylation is 1. The smallest absolute Gasteiger partial charge is 0.190 e. The highest BCUT2D eigenvalue weighted by Crippen LogP contribution is 2.44. The third kappa shape index (κ3) is 2.90. The van der Waals surface area contributed by atoms with Crippen LogP contribution in [0.2, 0.25) is 0 Å². The van der Waals surface area contributed by atoms with E-state index < -0.39 is 0 Å². The Hall–Kier alpha value is -2.67. The first-order valence-electron chi connectivity index (χ1n) is 9.46. The summed E-state index contributed by atoms with van der Waals surface area (Å²) < 4.78 is 7.67. The van der Waals surface area contributed by atoms with E-state index in [1.807, 2.05) is 25.5 Å². The van der Waals surface area contributed by atoms with Crippen molar-refractivity contribution < 1.29 is 9.53 Å². The third-order valence-corrected chi connectivity index (χ3v) is 6.48. The number of anilines is 2. The predicted octanol–water partition coefficient (Wildman–Crippen LogP) is 4.23. The molecule has 3 aromatic rings. The standard InChI is InChI=1S/C21H22N4O2S/c1-21(2)9-15-19(17(26)10-21)28-20(23-15)25-6-7-27-18-5-4-13(8-16(18)25)14-11-22-24(3)12-14/h4-5,8,11-12H,6-7,9-10H2,1-3H3. The molecule has 1 aliphatic heterocycles. The van der Waals surface area contributed by atoms with Crippen LogP contribution in [0.25, 0.3) is 11.1 Å². The summed E-state index contributed by atoms with van der Waals surface area (Å²) in [7, 11) is 1.91. The zero-order valence-electron chi connectivity index (χ0n) is 16.2. The number of aromatic nitrogens is 3. The maximum Gasteiger partial charge on any atom is 0.190 e. The third-order valence-electron chi connectivity index (χ3n) is 5.32. The molecule has 2 aliphatic rings. The number of hydrogen-bond donors (Lipinski definition) is 0. The number of ketones is 1. The average molecular weight is 395 g/mol. The Morgan fingerprint density at radius 3 is 2.86 bits per heavy atom. The molecule has 6 nitrogen and oxygen atoms in total. The largest absolute Gasteiger partial charge is 0.490 e. The van der Waals surface area contributed by atoms with Gasteiger partial charge in [-0.25, -0.2) is 4.98 Å². The minimum Gasteiger partial charge on any atom is -0.490 e. The molecule has 144 valence electrons. The van der Waals surface area contributed by atoms with E-state index in [0.29, 0.717) is 19.6 Å². The number of hydrogen-bond acceptors (Lipinski definition) is 6. The number of Topliss-reactive ketones (excluding diaryl/α,β-unsaturated/α-hetero) is 1. The molecule has 0 saturated carbocycles. The second-order valence-corrected chi connectivity index (χ2v) is 9.28. The predicted molar refractivity (Wildman–Crippen MR) is 110 cm³/mol. The summed E-state index contributed by atoms with van der Waals surface area (Å²) >= 11 is 1.51. The molecule has 0 unspecified atom stereocenters. The summed E-state index contributed by atoms with van der Waals surface area (Å²) in [6, 6.07) is 6.18. The summed E-state index contributed by atoms with van der Waals surface area (Å²) in [5.74, 6) is 1.06. The maximum atomic E-state index is 12.6. The lowest BCUT2D eigenvalue weighted by Gasteiger charge is -2.29. The Labute approximate surface area is 167 Å². The molecule has 0 radical (unpaired) electrons. The first-order chi connectivity index (χ1) is 13.4. The van der Waals surface area contributed by atoms with Crippen LogP contribution in [0.4, 0.5) is 10.8 Å². The van der Waals surface area contributed by atoms with Gasteiger partial charge in [0.25, 0.3) is 0 Å². The van der Waals surface area contributed by atoms with Gasteiger partial charge in [-0.15, -0.1) is 0 Å². The number of benzene rings is 1. The van der Waals surface area contributed by atoms with Crippen LogP contribution < -0.4 is 9.64 Å². The lowest BCUT2D eigenvalue weighted by atomic mass is 9.78. The van der Waals surface area contributed by atoms with E-state index in [2.05, 4.69) is 36.0 Å². The van der Waals surface area contributed by atoms with Gasteiger partial charge >= 0.3 is 0 Å². The van der Waals surface area contributed by atoms with E-state index in [1.165, 1.54) is 11.3 Å². The van der Waals surface area contributed by atoms with Gasteiger partial charge in [0, 0.05) is 25.2 Å². The number of fused-ring (bicyclic) bond motifs is 2. The maximum absolute atomic E-state index is 12.6. The average Bonchev–Trinajstić information content (AvgIpc) is 3.26. The zero-order chi connectivity index (χ0) is 19.5. The van der Waals surface area contributed by atoms with Crippen molar-refractivity contribution in [3.05, 3.63) is 41.2 Å². The molecule has 7 heteroatoms. The molecule has 0 bridgehead atoms. The monoisotopic (exact) mass is 394 g/mol. The Morgan fingerprint density at radius 1 is 1.21 bits per heavy atom. The molecule has 0 fully saturated rings. The van der Waals surface area contributed by atoms with Crippen LogP contribution in [0.5, 0.6) is 5.75 Å². The molecule has 2 aromatic heterocycles. The van der Waals surface area contributed by atoms with Gasteiger partial charge in [0.05, 0.1) is 29.0 Å². The highest BCUT2D eigenvalue weighted by molar-refractivity contribution is 7.17. The molecule has 0 atom stereocenters. The van der Waals surface area contributed by atoms with E-state index in [9.17, 15) is 4.79 Å². The molecule has 3 heterocycles. The Kier molecular flexibility index (Phi) is 3.84. The van der Waals surface area contributed by atoms with Crippen molar-refractivity contribution in [2.45, 2.75) is 26.7 Å². The fourth-order valence-corrected chi connectivity index (χ4v) is 5.05. The molecule has 28 heavy (non-hydrogen) atoms. The number of carbonyl (C=O) groups excluding carboxylic acids is 1. The van der Waals surface area contributed by atoms with Crippen molar-refractivity contribution in [3.8, 4) is 16.9 Å². The summed E-state index contributed by atoms with van der Waals surface area (Å²) in [5, 5.41) is 5.15. The van der Waals surface area contributed by atoms with E-state index in [4.69, 9.17) is 9.72 Å². The minimum absolute atomic E-state index is 0.0220. The zero-order valence-corrected chi connectivity index (χ0v) is 17.0. The lowest BCUT2D eigenvalue weighted by molar-refractivity contribution is 0.0916. The van der Waals surface area contributed by atoms with Crippen molar-refractivity contribution in [1.29, 1.82) is 0 Å². The highest BCUT2D eigenvalue weighted by atomic mass is 32.1. The summed E-state index contributed by atoms with van der Waals surface area (Å²) in [4.78, 5) is 20.5. The van der Waals surface area contributed by atoms with Crippen molar-refractivity contribution in [2.24, 2.45) is 12.5 Å². The van der Waals surface area contributed by atoms with E-state index >= 15 is 0 Å². The van der Waals surface area contributed by atoms with Gasteiger partial charge in [-0.2, -0.15) is 5.10 Å². The second-order valence-electron chi connectivity index (χ2n) is 8.30. The van der Waals surface area contributed by atoms with Gasteiger partial charge < -0.3 is 9.64 Å². The van der Waals surface area contributed by atoms with Gasteiger partial charge in [-0.05, 0) is 29.5 Å². The normalized spacial score (nSPS) is 17.8. The highest BCUT2D eigenvalue weighted by Gasteiger charge is 2.35. The van der Waals surface area contributed by atoms with Crippen LogP contribution in [0.1, 0.15) is 35.6 Å². The van der Waals surface area contributed by atoms with Crippen molar-refractivity contribution in [2.75, 3.05) is 18.1 Å². The molecule has 0 N–H and O–H groups in total. The number of rotatable bonds is 2. The quantitative estimate of drug-likeness (QED) is 0.651. The van der Waals surface area contributed by atoms with Gasteiger partial charge in [-0.3, -0.25) is 9.48 Å². The van der Waals surface area contributed by atoms with Gasteiger partial charge in [0.15, 0.2) is 10.9 Å². The lowest BCUT2D eigenvalue weighted by Crippen LogP contribution is -2.28. The topological polar surface area (TPSA) is 60.2 Å². The van der Waals surface area contributed by atoms with Gasteiger partial charge in [0.1, 0.15) is 12.4 Å². The second kappa shape index (κ2) is 6.17. The first-order valence-corrected chi connectivity index (χ1v) is 10.3. The van der Waals surface area contributed by atoms with Gasteiger partial charge in [0.2, 0.25) is 0 Å². The van der Waals surface area contributed by atoms with E-state index in [1.54, 1.807) is 4.68 Å². The van der Waals surface area contributed by atoms with Crippen LogP contribution in [0.15, 0.2) is 30.6 Å². The van der Waals surface area contributed by atoms with Crippen molar-refractivity contribution in [1.82, 2.24) is 14.8 Å². The minimum atomic E-state index is -0.0220. The summed E-state index contributed by atoms with van der Waals surface area (Å²) in [6.45, 7) is 5.59. The number of carbonyl (C=O) groups is 1. The molecular formula is C21H22N4O2S. The van der Waals surface area contributed by atoms with E-state index in [-0.39, 0.29) is 11.2 Å². The Balaban J connectivity index is 1.56. The fraction of sp³-hybridized carbons (Fsp3) is 0.381. The Bertz CT molecular complexity index is 1080. The molecule has 0 amide bonds. The van der Waals surface area contributed by atoms with Crippen molar-refractivity contribution >= 4 is 27.9 Å². The van der Waals surface area contributed by atoms with E-state index in [0.717, 1.165) is 44.7 Å². The SMILES string of the molecule is Cn1cc(-c2ccc3c(c2)N(c2nc4c(s2)C(=O)CC(C)(C)C4)CCO3)cn1. The van der Waals surface area contributed by atoms with Crippen LogP contribution >= 0.6 is 11.3 Å². The molecule has 0 saturated heterocycles. The molecular weight excluding hydrogens is 372 g/mol. The summed E-state index contributed by atoms with van der Waals surface area (Å²) in [6.07, 6.45) is 5.29. The van der Waals surface area contributed by atoms with Gasteiger partial charge in [-0.1, -0.05) is 31.3 Å². The van der Waals surface area contributed by atoms with Crippen LogP contribution in [-0.2, 0) is 13.5 Å². The fourth-order valence-electron chi connectivity index (χ4n) is 3.99. The molecule has 0 spiro atoms.